The molecule has 1 fully saturated rings. The molecule has 0 aliphatic heterocycles. The molecule has 19 heavy (non-hydrogen) atoms. The van der Waals surface area contributed by atoms with Crippen LogP contribution in [0, 0.1) is 17.2 Å². The van der Waals surface area contributed by atoms with E-state index in [1.54, 1.807) is 0 Å². The predicted octanol–water partition coefficient (Wildman–Crippen LogP) is 3.17. The monoisotopic (exact) mass is 265 g/mol. The van der Waals surface area contributed by atoms with E-state index in [1.807, 2.05) is 0 Å². The fourth-order valence-electron chi connectivity index (χ4n) is 3.46. The van der Waals surface area contributed by atoms with E-state index >= 15 is 0 Å². The standard InChI is InChI=1S/C16H31N3/c1-6-19(14(4)5)11-9-15-8-7-10-16(15,12-17)18-13(2)3/h13-15,18H,6-11H2,1-5H3. The van der Waals surface area contributed by atoms with Crippen LogP contribution in [0.1, 0.15) is 60.3 Å². The van der Waals surface area contributed by atoms with Crippen LogP contribution in [0.2, 0.25) is 0 Å². The molecule has 1 rings (SSSR count). The van der Waals surface area contributed by atoms with Crippen molar-refractivity contribution < 1.29 is 0 Å². The molecule has 0 spiro atoms. The van der Waals surface area contributed by atoms with Crippen LogP contribution in [0.5, 0.6) is 0 Å². The Kier molecular flexibility index (Phi) is 6.29. The Labute approximate surface area is 119 Å². The summed E-state index contributed by atoms with van der Waals surface area (Å²) in [7, 11) is 0. The van der Waals surface area contributed by atoms with Gasteiger partial charge in [0.25, 0.3) is 0 Å². The normalized spacial score (nSPS) is 27.4. The Bertz CT molecular complexity index is 306. The van der Waals surface area contributed by atoms with Gasteiger partial charge in [-0.15, -0.1) is 0 Å². The zero-order chi connectivity index (χ0) is 14.5. The Morgan fingerprint density at radius 2 is 2.05 bits per heavy atom. The van der Waals surface area contributed by atoms with Crippen LogP contribution in [0.15, 0.2) is 0 Å². The molecule has 0 radical (unpaired) electrons. The van der Waals surface area contributed by atoms with Crippen molar-refractivity contribution in [3.8, 4) is 6.07 Å². The summed E-state index contributed by atoms with van der Waals surface area (Å²) in [4.78, 5) is 2.50. The van der Waals surface area contributed by atoms with Crippen molar-refractivity contribution in [2.24, 2.45) is 5.92 Å². The van der Waals surface area contributed by atoms with Crippen molar-refractivity contribution in [2.75, 3.05) is 13.1 Å². The molecule has 1 saturated carbocycles. The summed E-state index contributed by atoms with van der Waals surface area (Å²) >= 11 is 0. The molecule has 2 unspecified atom stereocenters. The van der Waals surface area contributed by atoms with Gasteiger partial charge in [-0.2, -0.15) is 5.26 Å². The fourth-order valence-corrected chi connectivity index (χ4v) is 3.46. The molecule has 0 aromatic carbocycles. The summed E-state index contributed by atoms with van der Waals surface area (Å²) in [6.07, 6.45) is 4.54. The van der Waals surface area contributed by atoms with Gasteiger partial charge in [0, 0.05) is 12.1 Å². The number of hydrogen-bond acceptors (Lipinski definition) is 3. The van der Waals surface area contributed by atoms with Crippen molar-refractivity contribution in [1.29, 1.82) is 5.26 Å². The van der Waals surface area contributed by atoms with Crippen LogP contribution in [0.3, 0.4) is 0 Å². The van der Waals surface area contributed by atoms with Gasteiger partial charge in [-0.05, 0) is 66.0 Å². The summed E-state index contributed by atoms with van der Waals surface area (Å²) < 4.78 is 0. The van der Waals surface area contributed by atoms with Gasteiger partial charge in [0.05, 0.1) is 6.07 Å². The summed E-state index contributed by atoms with van der Waals surface area (Å²) in [6, 6.07) is 3.58. The van der Waals surface area contributed by atoms with E-state index in [-0.39, 0.29) is 5.54 Å². The first-order valence-electron chi connectivity index (χ1n) is 7.88. The molecule has 1 N–H and O–H groups in total. The van der Waals surface area contributed by atoms with Gasteiger partial charge >= 0.3 is 0 Å². The van der Waals surface area contributed by atoms with Crippen molar-refractivity contribution in [1.82, 2.24) is 10.2 Å². The lowest BCUT2D eigenvalue weighted by Crippen LogP contribution is -2.51. The Morgan fingerprint density at radius 3 is 2.53 bits per heavy atom. The van der Waals surface area contributed by atoms with Crippen LogP contribution in [-0.2, 0) is 0 Å². The Balaban J connectivity index is 2.63. The highest BCUT2D eigenvalue weighted by molar-refractivity contribution is 5.14. The summed E-state index contributed by atoms with van der Waals surface area (Å²) in [6.45, 7) is 13.2. The van der Waals surface area contributed by atoms with Gasteiger partial charge in [-0.1, -0.05) is 13.3 Å². The second kappa shape index (κ2) is 7.26. The van der Waals surface area contributed by atoms with Crippen molar-refractivity contribution >= 4 is 0 Å². The third-order valence-corrected chi connectivity index (χ3v) is 4.47. The highest BCUT2D eigenvalue weighted by atomic mass is 15.1. The molecule has 1 aliphatic rings. The molecule has 3 heteroatoms. The molecule has 1 aliphatic carbocycles. The zero-order valence-electron chi connectivity index (χ0n) is 13.4. The van der Waals surface area contributed by atoms with Gasteiger partial charge in [-0.25, -0.2) is 0 Å². The van der Waals surface area contributed by atoms with E-state index in [0.29, 0.717) is 18.0 Å². The maximum atomic E-state index is 9.64. The van der Waals surface area contributed by atoms with E-state index in [1.165, 1.54) is 12.8 Å². The molecule has 0 aromatic heterocycles. The molecule has 3 nitrogen and oxygen atoms in total. The number of hydrogen-bond donors (Lipinski definition) is 1. The molecule has 0 amide bonds. The molecule has 110 valence electrons. The first-order valence-corrected chi connectivity index (χ1v) is 7.88. The highest BCUT2D eigenvalue weighted by Crippen LogP contribution is 2.38. The first-order chi connectivity index (χ1) is 8.95. The summed E-state index contributed by atoms with van der Waals surface area (Å²) in [5, 5.41) is 13.2. The topological polar surface area (TPSA) is 39.1 Å². The maximum absolute atomic E-state index is 9.64. The molecule has 0 aromatic rings. The van der Waals surface area contributed by atoms with Crippen LogP contribution >= 0.6 is 0 Å². The molecule has 0 heterocycles. The Morgan fingerprint density at radius 1 is 1.37 bits per heavy atom. The number of nitrogens with one attached hydrogen (secondary N) is 1. The van der Waals surface area contributed by atoms with Gasteiger partial charge in [0.2, 0.25) is 0 Å². The molecule has 2 atom stereocenters. The van der Waals surface area contributed by atoms with Crippen LogP contribution in [0.4, 0.5) is 0 Å². The van der Waals surface area contributed by atoms with Crippen molar-refractivity contribution in [3.05, 3.63) is 0 Å². The van der Waals surface area contributed by atoms with E-state index in [0.717, 1.165) is 25.9 Å². The zero-order valence-corrected chi connectivity index (χ0v) is 13.4. The van der Waals surface area contributed by atoms with E-state index in [9.17, 15) is 5.26 Å². The van der Waals surface area contributed by atoms with Crippen molar-refractivity contribution in [3.63, 3.8) is 0 Å². The lowest BCUT2D eigenvalue weighted by molar-refractivity contribution is 0.193. The minimum atomic E-state index is -0.273. The van der Waals surface area contributed by atoms with Gasteiger partial charge in [0.1, 0.15) is 5.54 Å². The van der Waals surface area contributed by atoms with Crippen LogP contribution in [0.25, 0.3) is 0 Å². The molecular formula is C16H31N3. The van der Waals surface area contributed by atoms with Crippen molar-refractivity contribution in [2.45, 2.75) is 77.9 Å². The Hall–Kier alpha value is -0.590. The molecule has 0 bridgehead atoms. The lowest BCUT2D eigenvalue weighted by atomic mass is 9.85. The number of nitriles is 1. The predicted molar refractivity (Wildman–Crippen MR) is 81.0 cm³/mol. The van der Waals surface area contributed by atoms with Crippen LogP contribution < -0.4 is 5.32 Å². The average Bonchev–Trinajstić information content (AvgIpc) is 2.72. The lowest BCUT2D eigenvalue weighted by Gasteiger charge is -2.34. The summed E-state index contributed by atoms with van der Waals surface area (Å²) in [5.41, 5.74) is -0.273. The van der Waals surface area contributed by atoms with Gasteiger partial charge in [-0.3, -0.25) is 5.32 Å². The third-order valence-electron chi connectivity index (χ3n) is 4.47. The minimum absolute atomic E-state index is 0.273. The largest absolute Gasteiger partial charge is 0.301 e. The highest BCUT2D eigenvalue weighted by Gasteiger charge is 2.43. The average molecular weight is 265 g/mol. The quantitative estimate of drug-likeness (QED) is 0.768. The minimum Gasteiger partial charge on any atom is -0.301 e. The first kappa shape index (κ1) is 16.5. The fraction of sp³-hybridized carbons (Fsp3) is 0.938. The van der Waals surface area contributed by atoms with Gasteiger partial charge < -0.3 is 4.90 Å². The molecule has 0 saturated heterocycles. The number of rotatable bonds is 7. The molecular weight excluding hydrogens is 234 g/mol. The van der Waals surface area contributed by atoms with E-state index in [4.69, 9.17) is 0 Å². The number of nitrogens with zero attached hydrogens (tertiary/aromatic N) is 2. The van der Waals surface area contributed by atoms with E-state index in [2.05, 4.69) is 50.9 Å². The van der Waals surface area contributed by atoms with Crippen LogP contribution in [-0.4, -0.2) is 35.6 Å². The van der Waals surface area contributed by atoms with Gasteiger partial charge in [0.15, 0.2) is 0 Å². The SMILES string of the molecule is CCN(CCC1CCCC1(C#N)NC(C)C)C(C)C. The van der Waals surface area contributed by atoms with E-state index < -0.39 is 0 Å². The third kappa shape index (κ3) is 4.19. The second-order valence-corrected chi connectivity index (χ2v) is 6.48. The summed E-state index contributed by atoms with van der Waals surface area (Å²) in [5.74, 6) is 0.507. The smallest absolute Gasteiger partial charge is 0.109 e. The maximum Gasteiger partial charge on any atom is 0.109 e. The second-order valence-electron chi connectivity index (χ2n) is 6.48.